The number of unbranched alkanes of at least 4 members (excludes halogenated alkanes) is 29. The fraction of sp³-hybridized carbons (Fsp3) is 0.852. The molecule has 12 atom stereocenters. The number of nitrogens with one attached hydrogen (secondary N) is 1. The van der Waals surface area contributed by atoms with Gasteiger partial charge in [0.15, 0.2) is 12.6 Å². The lowest BCUT2D eigenvalue weighted by Gasteiger charge is -2.46. The molecule has 2 aliphatic heterocycles. The third kappa shape index (κ3) is 32.6. The van der Waals surface area contributed by atoms with Crippen molar-refractivity contribution in [1.82, 2.24) is 5.32 Å². The van der Waals surface area contributed by atoms with E-state index in [1.165, 1.54) is 167 Å². The lowest BCUT2D eigenvalue weighted by Crippen LogP contribution is -2.65. The summed E-state index contributed by atoms with van der Waals surface area (Å²) >= 11 is 0. The summed E-state index contributed by atoms with van der Waals surface area (Å²) in [4.78, 5) is 13.2. The van der Waals surface area contributed by atoms with Crippen molar-refractivity contribution in [3.05, 3.63) is 48.6 Å². The number of carbonyl (C=O) groups excluding carboxylic acids is 1. The molecule has 0 aromatic heterocycles. The molecule has 2 fully saturated rings. The average Bonchev–Trinajstić information content (AvgIpc) is 3.41. The van der Waals surface area contributed by atoms with E-state index in [2.05, 4.69) is 55.6 Å². The molecular formula is C61H111NO13. The maximum absolute atomic E-state index is 13.2. The SMILES string of the molecule is CCCCCCC/C=C\C/C=C\CCCCCCCCCCCCCCCCCC(=O)NC(COC1OC(CO)C(OC2OC(CO)C(O)C(O)C2O)C(O)C1O)C(O)/C=C/CC/C=C/CCCCCCCCCC. The maximum Gasteiger partial charge on any atom is 0.220 e. The van der Waals surface area contributed by atoms with E-state index in [4.69, 9.17) is 18.9 Å². The molecule has 14 nitrogen and oxygen atoms in total. The number of hydrogen-bond acceptors (Lipinski definition) is 13. The summed E-state index contributed by atoms with van der Waals surface area (Å²) in [6.07, 6.45) is 41.6. The number of aliphatic hydroxyl groups excluding tert-OH is 8. The highest BCUT2D eigenvalue weighted by molar-refractivity contribution is 5.76. The van der Waals surface area contributed by atoms with Gasteiger partial charge >= 0.3 is 0 Å². The molecule has 0 aliphatic carbocycles. The first-order chi connectivity index (χ1) is 36.6. The van der Waals surface area contributed by atoms with Crippen LogP contribution in [-0.4, -0.2) is 140 Å². The molecule has 12 unspecified atom stereocenters. The summed E-state index contributed by atoms with van der Waals surface area (Å²) in [6.45, 7) is 2.77. The molecule has 0 aromatic carbocycles. The maximum atomic E-state index is 13.2. The van der Waals surface area contributed by atoms with E-state index in [1.807, 2.05) is 6.08 Å². The minimum Gasteiger partial charge on any atom is -0.394 e. The topological polar surface area (TPSA) is 228 Å². The first-order valence-corrected chi connectivity index (χ1v) is 30.4. The molecule has 75 heavy (non-hydrogen) atoms. The Bertz CT molecular complexity index is 1440. The van der Waals surface area contributed by atoms with Crippen LogP contribution in [0.3, 0.4) is 0 Å². The second-order valence-electron chi connectivity index (χ2n) is 21.5. The lowest BCUT2D eigenvalue weighted by atomic mass is 9.97. The van der Waals surface area contributed by atoms with Crippen LogP contribution in [0.1, 0.15) is 239 Å². The number of hydrogen-bond donors (Lipinski definition) is 9. The number of amides is 1. The fourth-order valence-electron chi connectivity index (χ4n) is 9.81. The number of ether oxygens (including phenoxy) is 4. The van der Waals surface area contributed by atoms with E-state index in [1.54, 1.807) is 6.08 Å². The minimum atomic E-state index is -1.79. The molecule has 0 saturated carbocycles. The number of aliphatic hydroxyl groups is 8. The predicted octanol–water partition coefficient (Wildman–Crippen LogP) is 10.4. The van der Waals surface area contributed by atoms with Gasteiger partial charge in [-0.3, -0.25) is 4.79 Å². The first-order valence-electron chi connectivity index (χ1n) is 30.4. The van der Waals surface area contributed by atoms with Gasteiger partial charge in [-0.15, -0.1) is 0 Å². The Balaban J connectivity index is 1.71. The van der Waals surface area contributed by atoms with Gasteiger partial charge in [0.2, 0.25) is 5.91 Å². The van der Waals surface area contributed by atoms with Gasteiger partial charge < -0.3 is 65.1 Å². The van der Waals surface area contributed by atoms with E-state index >= 15 is 0 Å². The molecule has 0 aromatic rings. The highest BCUT2D eigenvalue weighted by Gasteiger charge is 2.51. The van der Waals surface area contributed by atoms with E-state index in [0.717, 1.165) is 38.5 Å². The van der Waals surface area contributed by atoms with Crippen molar-refractivity contribution in [3.8, 4) is 0 Å². The Hall–Kier alpha value is -2.05. The van der Waals surface area contributed by atoms with Crippen molar-refractivity contribution >= 4 is 5.91 Å². The Labute approximate surface area is 454 Å². The molecule has 2 aliphatic rings. The standard InChI is InChI=1S/C61H111NO13/c1-3-5-7-9-11-13-15-17-19-20-21-22-23-24-25-26-27-28-29-30-31-33-35-37-39-41-43-45-53(66)62-49(50(65)44-42-40-38-36-34-32-18-16-14-12-10-8-6-4-2)48-72-60-58(71)56(69)59(52(47-64)74-60)75-61-57(70)55(68)54(67)51(46-63)73-61/h15,17,20-21,34,36,42,44,49-52,54-61,63-65,67-71H,3-14,16,18-19,22-33,35,37-41,43,45-48H2,1-2H3,(H,62,66)/b17-15-,21-20-,36-34+,44-42+. The summed E-state index contributed by atoms with van der Waals surface area (Å²) in [5.74, 6) is -0.249. The normalized spacial score (nSPS) is 25.4. The molecule has 2 saturated heterocycles. The fourth-order valence-corrected chi connectivity index (χ4v) is 9.81. The van der Waals surface area contributed by atoms with Gasteiger partial charge in [0.25, 0.3) is 0 Å². The minimum absolute atomic E-state index is 0.249. The summed E-state index contributed by atoms with van der Waals surface area (Å²) in [7, 11) is 0. The lowest BCUT2D eigenvalue weighted by molar-refractivity contribution is -0.359. The second kappa shape index (κ2) is 46.8. The number of allylic oxidation sites excluding steroid dienone is 7. The van der Waals surface area contributed by atoms with Gasteiger partial charge in [-0.05, 0) is 64.2 Å². The van der Waals surface area contributed by atoms with Gasteiger partial charge in [-0.2, -0.15) is 0 Å². The monoisotopic (exact) mass is 1070 g/mol. The second-order valence-corrected chi connectivity index (χ2v) is 21.5. The molecule has 0 radical (unpaired) electrons. The van der Waals surface area contributed by atoms with E-state index in [9.17, 15) is 45.6 Å². The summed E-state index contributed by atoms with van der Waals surface area (Å²) < 4.78 is 22.7. The number of carbonyl (C=O) groups is 1. The Morgan fingerprint density at radius 3 is 1.39 bits per heavy atom. The third-order valence-corrected chi connectivity index (χ3v) is 14.7. The van der Waals surface area contributed by atoms with Crippen molar-refractivity contribution in [2.75, 3.05) is 19.8 Å². The third-order valence-electron chi connectivity index (χ3n) is 14.7. The summed E-state index contributed by atoms with van der Waals surface area (Å²) in [5, 5.41) is 87.0. The molecule has 0 spiro atoms. The van der Waals surface area contributed by atoms with E-state index < -0.39 is 86.8 Å². The van der Waals surface area contributed by atoms with E-state index in [-0.39, 0.29) is 18.9 Å². The molecule has 14 heteroatoms. The zero-order chi connectivity index (χ0) is 54.6. The quantitative estimate of drug-likeness (QED) is 0.0204. The van der Waals surface area contributed by atoms with Crippen LogP contribution in [0.2, 0.25) is 0 Å². The van der Waals surface area contributed by atoms with Crippen molar-refractivity contribution in [2.45, 2.75) is 312 Å². The Kier molecular flexibility index (Phi) is 43.1. The number of rotatable bonds is 48. The van der Waals surface area contributed by atoms with Crippen LogP contribution in [0.25, 0.3) is 0 Å². The van der Waals surface area contributed by atoms with Crippen molar-refractivity contribution < 1.29 is 64.6 Å². The first kappa shape index (κ1) is 69.1. The Morgan fingerprint density at radius 1 is 0.480 bits per heavy atom. The van der Waals surface area contributed by atoms with E-state index in [0.29, 0.717) is 12.8 Å². The summed E-state index contributed by atoms with van der Waals surface area (Å²) in [5.41, 5.74) is 0. The van der Waals surface area contributed by atoms with Crippen molar-refractivity contribution in [2.24, 2.45) is 0 Å². The van der Waals surface area contributed by atoms with Crippen molar-refractivity contribution in [1.29, 1.82) is 0 Å². The zero-order valence-corrected chi connectivity index (χ0v) is 47.0. The molecule has 9 N–H and O–H groups in total. The van der Waals surface area contributed by atoms with Crippen LogP contribution in [0.15, 0.2) is 48.6 Å². The van der Waals surface area contributed by atoms with Crippen LogP contribution in [0.4, 0.5) is 0 Å². The molecular weight excluding hydrogens is 955 g/mol. The van der Waals surface area contributed by atoms with Gasteiger partial charge in [0, 0.05) is 6.42 Å². The Morgan fingerprint density at radius 2 is 0.893 bits per heavy atom. The molecule has 438 valence electrons. The van der Waals surface area contributed by atoms with Crippen LogP contribution >= 0.6 is 0 Å². The van der Waals surface area contributed by atoms with Gasteiger partial charge in [-0.25, -0.2) is 0 Å². The summed E-state index contributed by atoms with van der Waals surface area (Å²) in [6, 6.07) is -0.931. The van der Waals surface area contributed by atoms with Crippen LogP contribution in [0.5, 0.6) is 0 Å². The zero-order valence-electron chi connectivity index (χ0n) is 47.0. The van der Waals surface area contributed by atoms with Crippen LogP contribution < -0.4 is 5.32 Å². The molecule has 1 amide bonds. The van der Waals surface area contributed by atoms with Crippen LogP contribution in [0, 0.1) is 0 Å². The predicted molar refractivity (Wildman–Crippen MR) is 300 cm³/mol. The highest BCUT2D eigenvalue weighted by Crippen LogP contribution is 2.30. The smallest absolute Gasteiger partial charge is 0.220 e. The molecule has 2 rings (SSSR count). The van der Waals surface area contributed by atoms with Crippen molar-refractivity contribution in [3.63, 3.8) is 0 Å². The average molecular weight is 1070 g/mol. The van der Waals surface area contributed by atoms with Gasteiger partial charge in [0.1, 0.15) is 48.8 Å². The van der Waals surface area contributed by atoms with Crippen LogP contribution in [-0.2, 0) is 23.7 Å². The molecule has 0 bridgehead atoms. The molecule has 2 heterocycles. The largest absolute Gasteiger partial charge is 0.394 e. The van der Waals surface area contributed by atoms with Gasteiger partial charge in [0.05, 0.1) is 32.0 Å². The highest BCUT2D eigenvalue weighted by atomic mass is 16.7. The van der Waals surface area contributed by atoms with Gasteiger partial charge in [-0.1, -0.05) is 217 Å².